The van der Waals surface area contributed by atoms with Crippen LogP contribution in [0.3, 0.4) is 0 Å². The van der Waals surface area contributed by atoms with Crippen LogP contribution in [0.15, 0.2) is 83.3 Å². The molecule has 0 aliphatic carbocycles. The molecule has 8 heteroatoms. The van der Waals surface area contributed by atoms with E-state index in [4.69, 9.17) is 9.15 Å². The Bertz CT molecular complexity index is 1330. The van der Waals surface area contributed by atoms with Crippen molar-refractivity contribution in [3.05, 3.63) is 90.0 Å². The van der Waals surface area contributed by atoms with E-state index in [9.17, 15) is 9.59 Å². The van der Waals surface area contributed by atoms with Crippen molar-refractivity contribution in [2.45, 2.75) is 33.2 Å². The van der Waals surface area contributed by atoms with Gasteiger partial charge in [0, 0.05) is 28.9 Å². The van der Waals surface area contributed by atoms with Crippen LogP contribution < -0.4 is 10.6 Å². The van der Waals surface area contributed by atoms with Gasteiger partial charge in [0.05, 0.1) is 19.1 Å². The van der Waals surface area contributed by atoms with Gasteiger partial charge in [-0.05, 0) is 66.9 Å². The number of hydrogen-bond acceptors (Lipinski definition) is 7. The summed E-state index contributed by atoms with van der Waals surface area (Å²) in [6.45, 7) is 6.63. The number of nitrogens with one attached hydrogen (secondary N) is 2. The second kappa shape index (κ2) is 12.7. The van der Waals surface area contributed by atoms with E-state index >= 15 is 0 Å². The third-order valence-corrected chi connectivity index (χ3v) is 6.02. The summed E-state index contributed by atoms with van der Waals surface area (Å²) in [4.78, 5) is 23.8. The smallest absolute Gasteiger partial charge is 0.307 e. The number of carbonyl (C=O) groups is 2. The molecule has 0 saturated carbocycles. The number of rotatable bonds is 11. The summed E-state index contributed by atoms with van der Waals surface area (Å²) >= 11 is 0. The molecular weight excluding hydrogens is 480 g/mol. The molecule has 1 amide bonds. The van der Waals surface area contributed by atoms with Gasteiger partial charge in [0.2, 0.25) is 11.8 Å². The number of benzene rings is 3. The first-order valence-electron chi connectivity index (χ1n) is 12.7. The topological polar surface area (TPSA) is 106 Å². The van der Waals surface area contributed by atoms with Gasteiger partial charge in [0.1, 0.15) is 0 Å². The third-order valence-electron chi connectivity index (χ3n) is 6.02. The third kappa shape index (κ3) is 6.85. The molecule has 1 heterocycles. The molecule has 0 unspecified atom stereocenters. The minimum Gasteiger partial charge on any atom is -0.466 e. The van der Waals surface area contributed by atoms with Gasteiger partial charge in [0.25, 0.3) is 5.91 Å². The maximum atomic E-state index is 12.4. The fourth-order valence-electron chi connectivity index (χ4n) is 4.02. The molecule has 4 rings (SSSR count). The van der Waals surface area contributed by atoms with Crippen LogP contribution in [0, 0.1) is 5.92 Å². The highest BCUT2D eigenvalue weighted by Crippen LogP contribution is 2.29. The molecule has 1 aromatic heterocycles. The van der Waals surface area contributed by atoms with Crippen LogP contribution >= 0.6 is 0 Å². The fraction of sp³-hybridized carbons (Fsp3) is 0.267. The molecule has 0 bridgehead atoms. The summed E-state index contributed by atoms with van der Waals surface area (Å²) in [6.07, 6.45) is 0.148. The molecule has 0 aliphatic heterocycles. The quantitative estimate of drug-likeness (QED) is 0.241. The molecule has 2 N–H and O–H groups in total. The summed E-state index contributed by atoms with van der Waals surface area (Å²) in [7, 11) is 0. The Labute approximate surface area is 222 Å². The van der Waals surface area contributed by atoms with Crippen molar-refractivity contribution in [3.63, 3.8) is 0 Å². The molecule has 0 radical (unpaired) electrons. The maximum Gasteiger partial charge on any atom is 0.307 e. The first-order valence-corrected chi connectivity index (χ1v) is 12.7. The normalized spacial score (nSPS) is 11.7. The van der Waals surface area contributed by atoms with E-state index in [1.807, 2.05) is 54.6 Å². The number of amides is 1. The fourth-order valence-corrected chi connectivity index (χ4v) is 4.02. The number of anilines is 1. The van der Waals surface area contributed by atoms with Crippen LogP contribution in [0.4, 0.5) is 5.69 Å². The molecule has 38 heavy (non-hydrogen) atoms. The summed E-state index contributed by atoms with van der Waals surface area (Å²) in [6, 6.07) is 25.1. The van der Waals surface area contributed by atoms with Crippen LogP contribution in [0.2, 0.25) is 0 Å². The van der Waals surface area contributed by atoms with Crippen molar-refractivity contribution in [1.29, 1.82) is 0 Å². The number of nitrogens with zero attached hydrogens (tertiary/aromatic N) is 2. The van der Waals surface area contributed by atoms with Crippen molar-refractivity contribution >= 4 is 17.6 Å². The van der Waals surface area contributed by atoms with Crippen LogP contribution in [-0.2, 0) is 9.53 Å². The lowest BCUT2D eigenvalue weighted by Crippen LogP contribution is -2.26. The van der Waals surface area contributed by atoms with Gasteiger partial charge >= 0.3 is 5.97 Å². The van der Waals surface area contributed by atoms with Gasteiger partial charge in [-0.2, -0.15) is 0 Å². The number of esters is 1. The van der Waals surface area contributed by atoms with Crippen molar-refractivity contribution < 1.29 is 18.7 Å². The lowest BCUT2D eigenvalue weighted by molar-refractivity contribution is -0.142. The Balaban J connectivity index is 1.38. The van der Waals surface area contributed by atoms with Gasteiger partial charge in [-0.15, -0.1) is 10.2 Å². The molecule has 3 aromatic carbocycles. The number of aromatic nitrogens is 2. The van der Waals surface area contributed by atoms with Gasteiger partial charge in [-0.1, -0.05) is 44.2 Å². The number of hydrogen-bond donors (Lipinski definition) is 2. The molecule has 8 nitrogen and oxygen atoms in total. The van der Waals surface area contributed by atoms with Gasteiger partial charge in [-0.3, -0.25) is 9.59 Å². The zero-order chi connectivity index (χ0) is 26.9. The molecule has 0 saturated heterocycles. The summed E-state index contributed by atoms with van der Waals surface area (Å²) in [5.41, 5.74) is 4.28. The van der Waals surface area contributed by atoms with Crippen LogP contribution in [0.5, 0.6) is 0 Å². The molecule has 196 valence electrons. The lowest BCUT2D eigenvalue weighted by Gasteiger charge is -2.24. The predicted molar refractivity (Wildman–Crippen MR) is 146 cm³/mol. The number of ether oxygens (including phenoxy) is 1. The van der Waals surface area contributed by atoms with E-state index in [0.717, 1.165) is 22.4 Å². The van der Waals surface area contributed by atoms with E-state index in [0.29, 0.717) is 29.9 Å². The van der Waals surface area contributed by atoms with E-state index < -0.39 is 0 Å². The average Bonchev–Trinajstić information content (AvgIpc) is 3.43. The monoisotopic (exact) mass is 512 g/mol. The second-order valence-corrected chi connectivity index (χ2v) is 9.15. The van der Waals surface area contributed by atoms with E-state index in [2.05, 4.69) is 46.8 Å². The maximum absolute atomic E-state index is 12.4. The van der Waals surface area contributed by atoms with Crippen molar-refractivity contribution in [2.24, 2.45) is 5.92 Å². The van der Waals surface area contributed by atoms with Crippen LogP contribution in [0.25, 0.3) is 22.9 Å². The van der Waals surface area contributed by atoms with Crippen LogP contribution in [0.1, 0.15) is 49.2 Å². The minimum atomic E-state index is -0.325. The molecule has 4 aromatic rings. The van der Waals surface area contributed by atoms with E-state index in [1.54, 1.807) is 19.1 Å². The summed E-state index contributed by atoms with van der Waals surface area (Å²) < 4.78 is 10.8. The zero-order valence-corrected chi connectivity index (χ0v) is 21.8. The van der Waals surface area contributed by atoms with E-state index in [1.165, 1.54) is 0 Å². The standard InChI is InChI=1S/C30H32N4O4/c1-4-37-26(35)18-19-31-28(36)22-14-16-25(17-15-22)32-27(20(2)3)21-10-12-24(13-11-21)30-34-33-29(38-30)23-8-6-5-7-9-23/h5-17,20,27,32H,4,18-19H2,1-3H3,(H,31,36)/t27-/m1/s1. The van der Waals surface area contributed by atoms with Crippen molar-refractivity contribution in [3.8, 4) is 22.9 Å². The molecule has 0 spiro atoms. The molecule has 0 aliphatic rings. The SMILES string of the molecule is CCOC(=O)CCNC(=O)c1ccc(N[C@@H](c2ccc(-c3nnc(-c4ccccc4)o3)cc2)C(C)C)cc1. The van der Waals surface area contributed by atoms with E-state index in [-0.39, 0.29) is 30.9 Å². The Morgan fingerprint density at radius 2 is 1.50 bits per heavy atom. The number of carbonyl (C=O) groups excluding carboxylic acids is 2. The Kier molecular flexibility index (Phi) is 8.87. The highest BCUT2D eigenvalue weighted by Gasteiger charge is 2.17. The molecule has 1 atom stereocenters. The lowest BCUT2D eigenvalue weighted by atomic mass is 9.94. The Hall–Kier alpha value is -4.46. The highest BCUT2D eigenvalue weighted by molar-refractivity contribution is 5.94. The highest BCUT2D eigenvalue weighted by atomic mass is 16.5. The summed E-state index contributed by atoms with van der Waals surface area (Å²) in [5, 5.41) is 14.7. The van der Waals surface area contributed by atoms with Crippen molar-refractivity contribution in [2.75, 3.05) is 18.5 Å². The Morgan fingerprint density at radius 3 is 2.11 bits per heavy atom. The largest absolute Gasteiger partial charge is 0.466 e. The zero-order valence-electron chi connectivity index (χ0n) is 21.8. The van der Waals surface area contributed by atoms with Gasteiger partial charge in [-0.25, -0.2) is 0 Å². The van der Waals surface area contributed by atoms with Gasteiger partial charge < -0.3 is 19.8 Å². The van der Waals surface area contributed by atoms with Gasteiger partial charge in [0.15, 0.2) is 0 Å². The van der Waals surface area contributed by atoms with Crippen LogP contribution in [-0.4, -0.2) is 35.2 Å². The summed E-state index contributed by atoms with van der Waals surface area (Å²) in [5.74, 6) is 0.713. The first-order chi connectivity index (χ1) is 18.4. The van der Waals surface area contributed by atoms with Crippen molar-refractivity contribution in [1.82, 2.24) is 15.5 Å². The first kappa shape index (κ1) is 26.6. The second-order valence-electron chi connectivity index (χ2n) is 9.15. The predicted octanol–water partition coefficient (Wildman–Crippen LogP) is 5.90. The average molecular weight is 513 g/mol. The Morgan fingerprint density at radius 1 is 0.868 bits per heavy atom. The molecule has 0 fully saturated rings. The minimum absolute atomic E-state index is 0.0517. The molecular formula is C30H32N4O4.